The van der Waals surface area contributed by atoms with E-state index >= 15 is 0 Å². The lowest BCUT2D eigenvalue weighted by atomic mass is 10.5. The number of nitrogen functional groups attached to an aromatic ring is 1. The smallest absolute Gasteiger partial charge is 0.241 e. The summed E-state index contributed by atoms with van der Waals surface area (Å²) in [5, 5.41) is 1.35. The molecule has 0 radical (unpaired) electrons. The molecule has 7 heteroatoms. The van der Waals surface area contributed by atoms with Crippen molar-refractivity contribution >= 4 is 17.4 Å². The fourth-order valence-electron chi connectivity index (χ4n) is 1.20. The van der Waals surface area contributed by atoms with Gasteiger partial charge >= 0.3 is 0 Å². The molecule has 0 spiro atoms. The molecule has 2 heterocycles. The monoisotopic (exact) mass is 263 g/mol. The number of aromatic nitrogens is 4. The van der Waals surface area contributed by atoms with E-state index < -0.39 is 0 Å². The molecule has 2 rings (SSSR count). The van der Waals surface area contributed by atoms with Crippen LogP contribution in [0.5, 0.6) is 5.88 Å². The first-order valence-corrected chi connectivity index (χ1v) is 6.30. The highest BCUT2D eigenvalue weighted by Crippen LogP contribution is 2.32. The second-order valence-electron chi connectivity index (χ2n) is 3.39. The molecule has 0 amide bonds. The lowest BCUT2D eigenvalue weighted by Gasteiger charge is -2.08. The molecular weight excluding hydrogens is 250 g/mol. The van der Waals surface area contributed by atoms with Crippen molar-refractivity contribution in [2.45, 2.75) is 23.4 Å². The Hall–Kier alpha value is -1.89. The van der Waals surface area contributed by atoms with Crippen LogP contribution in [-0.4, -0.2) is 26.5 Å². The molecule has 0 aliphatic rings. The average molecular weight is 263 g/mol. The standard InChI is InChI=1S/C11H13N5OS/c1-2-5-17-10-9(12)11(16-7-15-10)18-8-6-13-3-4-14-8/h3-4,6-7H,2,5,12H2,1H3. The van der Waals surface area contributed by atoms with Gasteiger partial charge in [-0.3, -0.25) is 4.98 Å². The third-order valence-corrected chi connectivity index (χ3v) is 2.93. The minimum atomic E-state index is 0.415. The molecular formula is C11H13N5OS. The van der Waals surface area contributed by atoms with Gasteiger partial charge in [0.2, 0.25) is 5.88 Å². The Morgan fingerprint density at radius 2 is 2.17 bits per heavy atom. The third-order valence-electron chi connectivity index (χ3n) is 1.99. The Morgan fingerprint density at radius 3 is 2.89 bits per heavy atom. The van der Waals surface area contributed by atoms with Gasteiger partial charge in [-0.25, -0.2) is 9.97 Å². The van der Waals surface area contributed by atoms with Crippen molar-refractivity contribution < 1.29 is 4.74 Å². The highest BCUT2D eigenvalue weighted by atomic mass is 32.2. The molecule has 0 aliphatic heterocycles. The van der Waals surface area contributed by atoms with E-state index in [1.807, 2.05) is 6.92 Å². The van der Waals surface area contributed by atoms with Gasteiger partial charge in [0.25, 0.3) is 0 Å². The second kappa shape index (κ2) is 6.15. The van der Waals surface area contributed by atoms with Gasteiger partial charge in [0.15, 0.2) is 0 Å². The molecule has 0 bridgehead atoms. The van der Waals surface area contributed by atoms with Crippen molar-refractivity contribution in [3.8, 4) is 5.88 Å². The molecule has 94 valence electrons. The topological polar surface area (TPSA) is 86.8 Å². The summed E-state index contributed by atoms with van der Waals surface area (Å²) in [7, 11) is 0. The van der Waals surface area contributed by atoms with Gasteiger partial charge in [-0.1, -0.05) is 6.92 Å². The Morgan fingerprint density at radius 1 is 1.28 bits per heavy atom. The molecule has 0 saturated carbocycles. The maximum atomic E-state index is 5.95. The Bertz CT molecular complexity index is 508. The van der Waals surface area contributed by atoms with Crippen LogP contribution in [0.15, 0.2) is 35.0 Å². The van der Waals surface area contributed by atoms with Crippen LogP contribution in [0.3, 0.4) is 0 Å². The first-order chi connectivity index (χ1) is 8.81. The summed E-state index contributed by atoms with van der Waals surface area (Å²) in [6.07, 6.45) is 7.21. The largest absolute Gasteiger partial charge is 0.476 e. The zero-order valence-electron chi connectivity index (χ0n) is 9.91. The number of ether oxygens (including phenoxy) is 1. The normalized spacial score (nSPS) is 10.3. The SMILES string of the molecule is CCCOc1ncnc(Sc2cnccn2)c1N. The molecule has 2 N–H and O–H groups in total. The highest BCUT2D eigenvalue weighted by molar-refractivity contribution is 7.99. The summed E-state index contributed by atoms with van der Waals surface area (Å²) < 4.78 is 5.44. The van der Waals surface area contributed by atoms with E-state index in [2.05, 4.69) is 19.9 Å². The first kappa shape index (κ1) is 12.6. The van der Waals surface area contributed by atoms with E-state index in [9.17, 15) is 0 Å². The first-order valence-electron chi connectivity index (χ1n) is 5.48. The minimum absolute atomic E-state index is 0.415. The quantitative estimate of drug-likeness (QED) is 0.823. The van der Waals surface area contributed by atoms with Crippen LogP contribution in [0.25, 0.3) is 0 Å². The van der Waals surface area contributed by atoms with Crippen LogP contribution in [0.2, 0.25) is 0 Å². The maximum Gasteiger partial charge on any atom is 0.241 e. The number of anilines is 1. The predicted molar refractivity (Wildman–Crippen MR) is 68.4 cm³/mol. The molecule has 0 atom stereocenters. The van der Waals surface area contributed by atoms with Gasteiger partial charge in [-0.2, -0.15) is 4.98 Å². The summed E-state index contributed by atoms with van der Waals surface area (Å²) in [5.74, 6) is 0.415. The van der Waals surface area contributed by atoms with Crippen molar-refractivity contribution in [1.29, 1.82) is 0 Å². The zero-order chi connectivity index (χ0) is 12.8. The lowest BCUT2D eigenvalue weighted by Crippen LogP contribution is -2.03. The molecule has 0 aromatic carbocycles. The Labute approximate surface area is 109 Å². The van der Waals surface area contributed by atoms with E-state index in [0.29, 0.717) is 23.2 Å². The summed E-state index contributed by atoms with van der Waals surface area (Å²) in [4.78, 5) is 16.3. The number of hydrogen-bond donors (Lipinski definition) is 1. The molecule has 2 aromatic heterocycles. The number of nitrogens with two attached hydrogens (primary N) is 1. The number of rotatable bonds is 5. The van der Waals surface area contributed by atoms with Crippen LogP contribution >= 0.6 is 11.8 Å². The second-order valence-corrected chi connectivity index (χ2v) is 4.40. The molecule has 0 aliphatic carbocycles. The van der Waals surface area contributed by atoms with E-state index in [4.69, 9.17) is 10.5 Å². The van der Waals surface area contributed by atoms with Gasteiger partial charge in [0.05, 0.1) is 12.8 Å². The van der Waals surface area contributed by atoms with Gasteiger partial charge in [0, 0.05) is 12.4 Å². The highest BCUT2D eigenvalue weighted by Gasteiger charge is 2.11. The summed E-state index contributed by atoms with van der Waals surface area (Å²) in [6.45, 7) is 2.60. The van der Waals surface area contributed by atoms with Gasteiger partial charge in [0.1, 0.15) is 22.1 Å². The van der Waals surface area contributed by atoms with Crippen molar-refractivity contribution in [3.63, 3.8) is 0 Å². The maximum absolute atomic E-state index is 5.95. The third kappa shape index (κ3) is 3.07. The molecule has 18 heavy (non-hydrogen) atoms. The fourth-order valence-corrected chi connectivity index (χ4v) is 1.92. The molecule has 2 aromatic rings. The van der Waals surface area contributed by atoms with Crippen molar-refractivity contribution in [1.82, 2.24) is 19.9 Å². The fraction of sp³-hybridized carbons (Fsp3) is 0.273. The minimum Gasteiger partial charge on any atom is -0.476 e. The van der Waals surface area contributed by atoms with Gasteiger partial charge in [-0.05, 0) is 18.2 Å². The Balaban J connectivity index is 2.18. The molecule has 0 saturated heterocycles. The molecule has 0 unspecified atom stereocenters. The number of hydrogen-bond acceptors (Lipinski definition) is 7. The van der Waals surface area contributed by atoms with E-state index in [-0.39, 0.29) is 0 Å². The van der Waals surface area contributed by atoms with Crippen LogP contribution in [0.1, 0.15) is 13.3 Å². The van der Waals surface area contributed by atoms with E-state index in [0.717, 1.165) is 11.4 Å². The van der Waals surface area contributed by atoms with Crippen molar-refractivity contribution in [2.75, 3.05) is 12.3 Å². The van der Waals surface area contributed by atoms with Gasteiger partial charge < -0.3 is 10.5 Å². The predicted octanol–water partition coefficient (Wildman–Crippen LogP) is 1.79. The molecule has 6 nitrogen and oxygen atoms in total. The summed E-state index contributed by atoms with van der Waals surface area (Å²) in [6, 6.07) is 0. The number of nitrogens with zero attached hydrogens (tertiary/aromatic N) is 4. The van der Waals surface area contributed by atoms with Crippen LogP contribution in [-0.2, 0) is 0 Å². The zero-order valence-corrected chi connectivity index (χ0v) is 10.7. The van der Waals surface area contributed by atoms with Crippen molar-refractivity contribution in [2.24, 2.45) is 0 Å². The van der Waals surface area contributed by atoms with Crippen LogP contribution in [0.4, 0.5) is 5.69 Å². The summed E-state index contributed by atoms with van der Waals surface area (Å²) in [5.41, 5.74) is 6.38. The van der Waals surface area contributed by atoms with Crippen LogP contribution < -0.4 is 10.5 Å². The van der Waals surface area contributed by atoms with E-state index in [1.165, 1.54) is 18.1 Å². The van der Waals surface area contributed by atoms with Gasteiger partial charge in [-0.15, -0.1) is 0 Å². The average Bonchev–Trinajstić information content (AvgIpc) is 2.41. The Kier molecular flexibility index (Phi) is 4.30. The lowest BCUT2D eigenvalue weighted by molar-refractivity contribution is 0.305. The molecule has 0 fully saturated rings. The van der Waals surface area contributed by atoms with E-state index in [1.54, 1.807) is 18.6 Å². The summed E-state index contributed by atoms with van der Waals surface area (Å²) >= 11 is 1.33. The van der Waals surface area contributed by atoms with Crippen molar-refractivity contribution in [3.05, 3.63) is 24.9 Å². The van der Waals surface area contributed by atoms with Crippen LogP contribution in [0, 0.1) is 0 Å².